The maximum Gasteiger partial charge on any atom is 0.253 e. The molecule has 0 aliphatic rings. The van der Waals surface area contributed by atoms with Crippen LogP contribution in [0.1, 0.15) is 22.3 Å². The predicted octanol–water partition coefficient (Wildman–Crippen LogP) is 3.29. The van der Waals surface area contributed by atoms with Crippen molar-refractivity contribution in [3.05, 3.63) is 64.7 Å². The first-order valence-electron chi connectivity index (χ1n) is 8.00. The summed E-state index contributed by atoms with van der Waals surface area (Å²) in [5.41, 5.74) is 1.96. The summed E-state index contributed by atoms with van der Waals surface area (Å²) in [6, 6.07) is 14.3. The van der Waals surface area contributed by atoms with Gasteiger partial charge >= 0.3 is 0 Å². The minimum Gasteiger partial charge on any atom is -0.383 e. The number of benzene rings is 2. The average Bonchev–Trinajstić information content (AvgIpc) is 2.62. The molecule has 0 fully saturated rings. The van der Waals surface area contributed by atoms with E-state index in [1.54, 1.807) is 43.5 Å². The SMILES string of the molecule is COCCNC(=O)c1ccccc1NC(=O)CCc1ccc(Cl)cc1. The first-order valence-corrected chi connectivity index (χ1v) is 8.38. The van der Waals surface area contributed by atoms with Crippen LogP contribution < -0.4 is 10.6 Å². The summed E-state index contributed by atoms with van der Waals surface area (Å²) in [5, 5.41) is 6.22. The molecule has 0 spiro atoms. The van der Waals surface area contributed by atoms with E-state index in [1.165, 1.54) is 0 Å². The van der Waals surface area contributed by atoms with Gasteiger partial charge in [-0.05, 0) is 36.2 Å². The van der Waals surface area contributed by atoms with Crippen LogP contribution in [0.25, 0.3) is 0 Å². The molecule has 5 nitrogen and oxygen atoms in total. The van der Waals surface area contributed by atoms with Gasteiger partial charge in [0.05, 0.1) is 17.9 Å². The van der Waals surface area contributed by atoms with Crippen molar-refractivity contribution >= 4 is 29.1 Å². The molecule has 6 heteroatoms. The third-order valence-corrected chi connectivity index (χ3v) is 3.84. The number of nitrogens with one attached hydrogen (secondary N) is 2. The summed E-state index contributed by atoms with van der Waals surface area (Å²) in [6.45, 7) is 0.843. The largest absolute Gasteiger partial charge is 0.383 e. The molecule has 25 heavy (non-hydrogen) atoms. The lowest BCUT2D eigenvalue weighted by molar-refractivity contribution is -0.116. The Morgan fingerprint density at radius 3 is 2.52 bits per heavy atom. The van der Waals surface area contributed by atoms with E-state index >= 15 is 0 Å². The van der Waals surface area contributed by atoms with E-state index in [-0.39, 0.29) is 11.8 Å². The second kappa shape index (κ2) is 9.81. The molecule has 2 aromatic carbocycles. The molecule has 0 aromatic heterocycles. The van der Waals surface area contributed by atoms with E-state index < -0.39 is 0 Å². The summed E-state index contributed by atoms with van der Waals surface area (Å²) in [5.74, 6) is -0.391. The van der Waals surface area contributed by atoms with Crippen molar-refractivity contribution < 1.29 is 14.3 Å². The van der Waals surface area contributed by atoms with Crippen molar-refractivity contribution in [2.75, 3.05) is 25.6 Å². The molecule has 0 aliphatic carbocycles. The molecule has 0 saturated carbocycles. The lowest BCUT2D eigenvalue weighted by Crippen LogP contribution is -2.28. The third kappa shape index (κ3) is 6.21. The van der Waals surface area contributed by atoms with Crippen molar-refractivity contribution in [2.24, 2.45) is 0 Å². The molecule has 0 unspecified atom stereocenters. The lowest BCUT2D eigenvalue weighted by atomic mass is 10.1. The quantitative estimate of drug-likeness (QED) is 0.710. The van der Waals surface area contributed by atoms with Crippen LogP contribution in [-0.4, -0.2) is 32.1 Å². The normalized spacial score (nSPS) is 10.3. The number of carbonyl (C=O) groups excluding carboxylic acids is 2. The minimum atomic E-state index is -0.245. The summed E-state index contributed by atoms with van der Waals surface area (Å²) >= 11 is 5.85. The molecule has 0 radical (unpaired) electrons. The van der Waals surface area contributed by atoms with Gasteiger partial charge in [0.15, 0.2) is 0 Å². The molecule has 2 rings (SSSR count). The van der Waals surface area contributed by atoms with Gasteiger partial charge in [-0.1, -0.05) is 35.9 Å². The molecule has 0 heterocycles. The molecular formula is C19H21ClN2O3. The van der Waals surface area contributed by atoms with Gasteiger partial charge in [-0.3, -0.25) is 9.59 Å². The van der Waals surface area contributed by atoms with E-state index in [0.29, 0.717) is 42.3 Å². The number of ether oxygens (including phenoxy) is 1. The van der Waals surface area contributed by atoms with Crippen LogP contribution in [0.5, 0.6) is 0 Å². The summed E-state index contributed by atoms with van der Waals surface area (Å²) in [6.07, 6.45) is 0.923. The molecule has 2 amide bonds. The predicted molar refractivity (Wildman–Crippen MR) is 99.1 cm³/mol. The van der Waals surface area contributed by atoms with Gasteiger partial charge in [-0.15, -0.1) is 0 Å². The number of hydrogen-bond acceptors (Lipinski definition) is 3. The highest BCUT2D eigenvalue weighted by atomic mass is 35.5. The van der Waals surface area contributed by atoms with Gasteiger partial charge in [-0.25, -0.2) is 0 Å². The number of methoxy groups -OCH3 is 1. The van der Waals surface area contributed by atoms with Gasteiger partial charge in [0.1, 0.15) is 0 Å². The number of halogens is 1. The topological polar surface area (TPSA) is 67.4 Å². The van der Waals surface area contributed by atoms with Gasteiger partial charge < -0.3 is 15.4 Å². The Labute approximate surface area is 152 Å². The molecule has 0 aliphatic heterocycles. The fourth-order valence-corrected chi connectivity index (χ4v) is 2.40. The van der Waals surface area contributed by atoms with Crippen molar-refractivity contribution in [3.8, 4) is 0 Å². The summed E-state index contributed by atoms with van der Waals surface area (Å²) < 4.78 is 4.91. The first-order chi connectivity index (χ1) is 12.1. The van der Waals surface area contributed by atoms with Crippen LogP contribution in [0, 0.1) is 0 Å². The molecule has 132 valence electrons. The molecule has 0 bridgehead atoms. The second-order valence-electron chi connectivity index (χ2n) is 5.47. The van der Waals surface area contributed by atoms with Crippen molar-refractivity contribution in [3.63, 3.8) is 0 Å². The third-order valence-electron chi connectivity index (χ3n) is 3.59. The van der Waals surface area contributed by atoms with Crippen LogP contribution in [0.15, 0.2) is 48.5 Å². The van der Waals surface area contributed by atoms with Crippen LogP contribution in [-0.2, 0) is 16.0 Å². The zero-order valence-corrected chi connectivity index (χ0v) is 14.8. The zero-order valence-electron chi connectivity index (χ0n) is 14.0. The minimum absolute atomic E-state index is 0.146. The van der Waals surface area contributed by atoms with Crippen molar-refractivity contribution in [1.82, 2.24) is 5.32 Å². The fourth-order valence-electron chi connectivity index (χ4n) is 2.27. The van der Waals surface area contributed by atoms with E-state index in [2.05, 4.69) is 10.6 Å². The highest BCUT2D eigenvalue weighted by Gasteiger charge is 2.12. The number of hydrogen-bond donors (Lipinski definition) is 2. The highest BCUT2D eigenvalue weighted by Crippen LogP contribution is 2.16. The Morgan fingerprint density at radius 1 is 1.08 bits per heavy atom. The second-order valence-corrected chi connectivity index (χ2v) is 5.91. The number of carbonyl (C=O) groups is 2. The monoisotopic (exact) mass is 360 g/mol. The number of para-hydroxylation sites is 1. The Bertz CT molecular complexity index is 717. The standard InChI is InChI=1S/C19H21ClN2O3/c1-25-13-12-21-19(24)16-4-2-3-5-17(16)22-18(23)11-8-14-6-9-15(20)10-7-14/h2-7,9-10H,8,11-13H2,1H3,(H,21,24)(H,22,23). The number of aryl methyl sites for hydroxylation is 1. The van der Waals surface area contributed by atoms with Gasteiger partial charge in [0.25, 0.3) is 5.91 Å². The maximum atomic E-state index is 12.2. The summed E-state index contributed by atoms with van der Waals surface area (Å²) in [4.78, 5) is 24.4. The molecule has 2 aromatic rings. The summed E-state index contributed by atoms with van der Waals surface area (Å²) in [7, 11) is 1.57. The Balaban J connectivity index is 1.93. The van der Waals surface area contributed by atoms with Crippen LogP contribution in [0.4, 0.5) is 5.69 Å². The van der Waals surface area contributed by atoms with Crippen LogP contribution in [0.2, 0.25) is 5.02 Å². The van der Waals surface area contributed by atoms with Crippen LogP contribution in [0.3, 0.4) is 0 Å². The lowest BCUT2D eigenvalue weighted by Gasteiger charge is -2.11. The van der Waals surface area contributed by atoms with Gasteiger partial charge in [0.2, 0.25) is 5.91 Å². The first kappa shape index (κ1) is 19.0. The van der Waals surface area contributed by atoms with Gasteiger partial charge in [0, 0.05) is 25.1 Å². The van der Waals surface area contributed by atoms with E-state index in [1.807, 2.05) is 12.1 Å². The molecule has 0 saturated heterocycles. The molecular weight excluding hydrogens is 340 g/mol. The highest BCUT2D eigenvalue weighted by molar-refractivity contribution is 6.30. The molecule has 0 atom stereocenters. The number of rotatable bonds is 8. The van der Waals surface area contributed by atoms with Crippen molar-refractivity contribution in [1.29, 1.82) is 0 Å². The van der Waals surface area contributed by atoms with Crippen molar-refractivity contribution in [2.45, 2.75) is 12.8 Å². The Kier molecular flexibility index (Phi) is 7.44. The Morgan fingerprint density at radius 2 is 1.80 bits per heavy atom. The average molecular weight is 361 g/mol. The smallest absolute Gasteiger partial charge is 0.253 e. The maximum absolute atomic E-state index is 12.2. The van der Waals surface area contributed by atoms with E-state index in [4.69, 9.17) is 16.3 Å². The van der Waals surface area contributed by atoms with Crippen LogP contribution >= 0.6 is 11.6 Å². The van der Waals surface area contributed by atoms with E-state index in [9.17, 15) is 9.59 Å². The van der Waals surface area contributed by atoms with Gasteiger partial charge in [-0.2, -0.15) is 0 Å². The fraction of sp³-hybridized carbons (Fsp3) is 0.263. The zero-order chi connectivity index (χ0) is 18.1. The number of amides is 2. The molecule has 2 N–H and O–H groups in total. The van der Waals surface area contributed by atoms with E-state index in [0.717, 1.165) is 5.56 Å². The number of anilines is 1. The Hall–Kier alpha value is -2.37.